The average Bonchev–Trinajstić information content (AvgIpc) is 2.86. The number of Topliss-reactive ketones (excluding diaryl/α,β-unsaturated/α-hetero) is 2. The van der Waals surface area contributed by atoms with E-state index in [1.165, 1.54) is 0 Å². The van der Waals surface area contributed by atoms with E-state index in [0.29, 0.717) is 37.4 Å². The van der Waals surface area contributed by atoms with Gasteiger partial charge >= 0.3 is 0 Å². The minimum absolute atomic E-state index is 0.0285. The van der Waals surface area contributed by atoms with Crippen LogP contribution < -0.4 is 0 Å². The van der Waals surface area contributed by atoms with Crippen molar-refractivity contribution in [2.75, 3.05) is 6.61 Å². The number of fused-ring (bicyclic) bond motifs is 5. The molecule has 0 aromatic rings. The molecule has 8 atom stereocenters. The lowest BCUT2D eigenvalue weighted by molar-refractivity contribution is -0.198. The van der Waals surface area contributed by atoms with E-state index < -0.39 is 29.5 Å². The van der Waals surface area contributed by atoms with Crippen molar-refractivity contribution in [1.29, 1.82) is 0 Å². The molecular formula is C21H32O5. The molecule has 4 aliphatic rings. The van der Waals surface area contributed by atoms with Gasteiger partial charge in [-0.1, -0.05) is 13.8 Å². The third-order valence-corrected chi connectivity index (χ3v) is 9.17. The van der Waals surface area contributed by atoms with Crippen molar-refractivity contribution in [3.63, 3.8) is 0 Å². The molecule has 0 aliphatic heterocycles. The molecule has 0 amide bonds. The fourth-order valence-electron chi connectivity index (χ4n) is 7.76. The van der Waals surface area contributed by atoms with Crippen LogP contribution in [0.5, 0.6) is 0 Å². The lowest BCUT2D eigenvalue weighted by Gasteiger charge is -2.62. The summed E-state index contributed by atoms with van der Waals surface area (Å²) < 4.78 is 0. The Balaban J connectivity index is 1.70. The van der Waals surface area contributed by atoms with E-state index in [4.69, 9.17) is 0 Å². The van der Waals surface area contributed by atoms with Crippen molar-refractivity contribution in [1.82, 2.24) is 0 Å². The van der Waals surface area contributed by atoms with E-state index in [1.807, 2.05) is 6.92 Å². The molecule has 0 aromatic carbocycles. The molecule has 4 aliphatic carbocycles. The molecule has 0 heterocycles. The second kappa shape index (κ2) is 5.86. The number of hydrogen-bond donors (Lipinski definition) is 3. The van der Waals surface area contributed by atoms with Gasteiger partial charge in [0.2, 0.25) is 0 Å². The smallest absolute Gasteiger partial charge is 0.190 e. The number of aliphatic hydroxyl groups is 3. The summed E-state index contributed by atoms with van der Waals surface area (Å²) >= 11 is 0. The number of carbonyl (C=O) groups is 2. The predicted molar refractivity (Wildman–Crippen MR) is 95.2 cm³/mol. The highest BCUT2D eigenvalue weighted by Crippen LogP contribution is 2.68. The van der Waals surface area contributed by atoms with Crippen LogP contribution in [0.2, 0.25) is 0 Å². The molecule has 4 rings (SSSR count). The van der Waals surface area contributed by atoms with E-state index >= 15 is 0 Å². The first-order valence-electron chi connectivity index (χ1n) is 10.2. The number of aliphatic hydroxyl groups excluding tert-OH is 2. The van der Waals surface area contributed by atoms with Crippen LogP contribution in [0.1, 0.15) is 65.2 Å². The molecule has 26 heavy (non-hydrogen) atoms. The van der Waals surface area contributed by atoms with Gasteiger partial charge in [-0.3, -0.25) is 9.59 Å². The molecule has 0 aromatic heterocycles. The third-order valence-electron chi connectivity index (χ3n) is 9.17. The van der Waals surface area contributed by atoms with E-state index in [1.54, 1.807) is 0 Å². The molecule has 0 saturated heterocycles. The van der Waals surface area contributed by atoms with Crippen LogP contribution in [-0.4, -0.2) is 45.2 Å². The minimum Gasteiger partial charge on any atom is -0.393 e. The zero-order chi connectivity index (χ0) is 18.9. The molecule has 0 spiro atoms. The summed E-state index contributed by atoms with van der Waals surface area (Å²) in [4.78, 5) is 24.3. The molecular weight excluding hydrogens is 332 g/mol. The number of carbonyl (C=O) groups excluding carboxylic acids is 2. The fraction of sp³-hybridized carbons (Fsp3) is 0.905. The van der Waals surface area contributed by atoms with E-state index in [2.05, 4.69) is 6.92 Å². The molecule has 146 valence electrons. The van der Waals surface area contributed by atoms with Gasteiger partial charge in [-0.15, -0.1) is 0 Å². The first-order chi connectivity index (χ1) is 12.2. The quantitative estimate of drug-likeness (QED) is 0.695. The largest absolute Gasteiger partial charge is 0.393 e. The minimum atomic E-state index is -1.53. The maximum absolute atomic E-state index is 12.4. The maximum Gasteiger partial charge on any atom is 0.190 e. The third kappa shape index (κ3) is 2.20. The van der Waals surface area contributed by atoms with Crippen LogP contribution in [0.15, 0.2) is 0 Å². The van der Waals surface area contributed by atoms with Gasteiger partial charge in [0.05, 0.1) is 6.10 Å². The Morgan fingerprint density at radius 1 is 1.19 bits per heavy atom. The van der Waals surface area contributed by atoms with Gasteiger partial charge in [-0.25, -0.2) is 0 Å². The van der Waals surface area contributed by atoms with Crippen molar-refractivity contribution in [2.24, 2.45) is 34.5 Å². The summed E-state index contributed by atoms with van der Waals surface area (Å²) in [6, 6.07) is 0. The Morgan fingerprint density at radius 3 is 2.62 bits per heavy atom. The van der Waals surface area contributed by atoms with Crippen LogP contribution in [0.4, 0.5) is 0 Å². The maximum atomic E-state index is 12.4. The van der Waals surface area contributed by atoms with Crippen LogP contribution in [0.3, 0.4) is 0 Å². The lowest BCUT2D eigenvalue weighted by Crippen LogP contribution is -2.63. The Hall–Kier alpha value is -0.780. The highest BCUT2D eigenvalue weighted by atomic mass is 16.3. The SMILES string of the molecule is CC12CCC(=O)C[C@@H]1CCC1C2C(O)CC2(C)C1CC[C@]2(O)C(=O)CO. The van der Waals surface area contributed by atoms with Crippen LogP contribution >= 0.6 is 0 Å². The Labute approximate surface area is 155 Å². The zero-order valence-electron chi connectivity index (χ0n) is 15.9. The van der Waals surface area contributed by atoms with Crippen molar-refractivity contribution < 1.29 is 24.9 Å². The van der Waals surface area contributed by atoms with Gasteiger partial charge < -0.3 is 15.3 Å². The second-order valence-electron chi connectivity index (χ2n) is 9.99. The number of rotatable bonds is 2. The first kappa shape index (κ1) is 18.6. The summed E-state index contributed by atoms with van der Waals surface area (Å²) in [5.74, 6) is 0.800. The summed E-state index contributed by atoms with van der Waals surface area (Å²) in [5, 5.41) is 31.8. The molecule has 5 nitrogen and oxygen atoms in total. The predicted octanol–water partition coefficient (Wildman–Crippen LogP) is 1.86. The standard InChI is InChI=1S/C21H32O5/c1-19-7-5-13(23)9-12(19)3-4-14-15-6-8-21(26,17(25)11-22)20(15,2)10-16(24)18(14)19/h12,14-16,18,22,24,26H,3-11H2,1-2H3/t12-,14?,15?,16?,18?,19?,20?,21-/m0/s1. The molecule has 6 unspecified atom stereocenters. The van der Waals surface area contributed by atoms with E-state index in [-0.39, 0.29) is 23.2 Å². The normalized spacial score (nSPS) is 53.6. The molecule has 5 heteroatoms. The summed E-state index contributed by atoms with van der Waals surface area (Å²) in [6.07, 6.45) is 5.02. The van der Waals surface area contributed by atoms with Crippen molar-refractivity contribution >= 4 is 11.6 Å². The Morgan fingerprint density at radius 2 is 1.92 bits per heavy atom. The first-order valence-corrected chi connectivity index (χ1v) is 10.2. The second-order valence-corrected chi connectivity index (χ2v) is 9.99. The van der Waals surface area contributed by atoms with Gasteiger partial charge in [0, 0.05) is 18.3 Å². The highest BCUT2D eigenvalue weighted by Gasteiger charge is 2.68. The van der Waals surface area contributed by atoms with Gasteiger partial charge in [0.25, 0.3) is 0 Å². The van der Waals surface area contributed by atoms with Gasteiger partial charge in [-0.2, -0.15) is 0 Å². The van der Waals surface area contributed by atoms with E-state index in [9.17, 15) is 24.9 Å². The van der Waals surface area contributed by atoms with Gasteiger partial charge in [0.15, 0.2) is 5.78 Å². The molecule has 3 N–H and O–H groups in total. The van der Waals surface area contributed by atoms with E-state index in [0.717, 1.165) is 25.7 Å². The van der Waals surface area contributed by atoms with Crippen LogP contribution in [0, 0.1) is 34.5 Å². The number of hydrogen-bond acceptors (Lipinski definition) is 5. The molecule has 4 saturated carbocycles. The highest BCUT2D eigenvalue weighted by molar-refractivity contribution is 5.89. The van der Waals surface area contributed by atoms with Crippen LogP contribution in [-0.2, 0) is 9.59 Å². The van der Waals surface area contributed by atoms with Gasteiger partial charge in [0.1, 0.15) is 18.0 Å². The average molecular weight is 364 g/mol. The molecule has 4 fully saturated rings. The van der Waals surface area contributed by atoms with Gasteiger partial charge in [-0.05, 0) is 67.6 Å². The Kier molecular flexibility index (Phi) is 4.18. The van der Waals surface area contributed by atoms with Crippen LogP contribution in [0.25, 0.3) is 0 Å². The zero-order valence-corrected chi connectivity index (χ0v) is 15.9. The fourth-order valence-corrected chi connectivity index (χ4v) is 7.76. The summed E-state index contributed by atoms with van der Waals surface area (Å²) in [6.45, 7) is 3.55. The van der Waals surface area contributed by atoms with Crippen molar-refractivity contribution in [3.8, 4) is 0 Å². The molecule has 0 radical (unpaired) electrons. The van der Waals surface area contributed by atoms with Crippen molar-refractivity contribution in [3.05, 3.63) is 0 Å². The summed E-state index contributed by atoms with van der Waals surface area (Å²) in [7, 11) is 0. The lowest BCUT2D eigenvalue weighted by atomic mass is 9.43. The summed E-state index contributed by atoms with van der Waals surface area (Å²) in [5.41, 5.74) is -2.24. The Bertz CT molecular complexity index is 632. The molecule has 0 bridgehead atoms. The topological polar surface area (TPSA) is 94.8 Å². The number of ketones is 2. The van der Waals surface area contributed by atoms with Crippen molar-refractivity contribution in [2.45, 2.75) is 76.9 Å². The monoisotopic (exact) mass is 364 g/mol.